The van der Waals surface area contributed by atoms with Crippen LogP contribution in [-0.4, -0.2) is 12.1 Å². The Bertz CT molecular complexity index is 606. The van der Waals surface area contributed by atoms with Gasteiger partial charge in [0.05, 0.1) is 6.04 Å². The van der Waals surface area contributed by atoms with E-state index >= 15 is 0 Å². The number of amides is 2. The Balaban J connectivity index is 1.68. The molecule has 0 saturated heterocycles. The van der Waals surface area contributed by atoms with Crippen LogP contribution < -0.4 is 10.6 Å². The number of rotatable bonds is 5. The summed E-state index contributed by atoms with van der Waals surface area (Å²) in [5, 5.41) is 6.27. The number of urea groups is 1. The van der Waals surface area contributed by atoms with Gasteiger partial charge in [0.25, 0.3) is 0 Å². The maximum absolute atomic E-state index is 12.4. The Kier molecular flexibility index (Phi) is 5.30. The van der Waals surface area contributed by atoms with Crippen molar-refractivity contribution in [2.75, 3.05) is 0 Å². The third-order valence-electron chi connectivity index (χ3n) is 4.48. The third kappa shape index (κ3) is 4.59. The smallest absolute Gasteiger partial charge is 0.315 e. The average Bonchev–Trinajstić information content (AvgIpc) is 3.09. The Morgan fingerprint density at radius 3 is 2.22 bits per heavy atom. The minimum absolute atomic E-state index is 0.0139. The summed E-state index contributed by atoms with van der Waals surface area (Å²) in [6.45, 7) is 0. The molecule has 2 amide bonds. The van der Waals surface area contributed by atoms with Gasteiger partial charge in [0, 0.05) is 6.04 Å². The number of nitrogens with one attached hydrogen (secondary N) is 2. The summed E-state index contributed by atoms with van der Waals surface area (Å²) in [6.07, 6.45) is 5.43. The van der Waals surface area contributed by atoms with E-state index in [2.05, 4.69) is 34.9 Å². The van der Waals surface area contributed by atoms with Crippen LogP contribution in [0.5, 0.6) is 0 Å². The quantitative estimate of drug-likeness (QED) is 0.853. The van der Waals surface area contributed by atoms with E-state index in [1.165, 1.54) is 18.4 Å². The molecule has 3 rings (SSSR count). The van der Waals surface area contributed by atoms with Crippen molar-refractivity contribution in [1.82, 2.24) is 10.6 Å². The van der Waals surface area contributed by atoms with Crippen LogP contribution in [0.4, 0.5) is 4.79 Å². The molecule has 2 N–H and O–H groups in total. The zero-order valence-electron chi connectivity index (χ0n) is 13.4. The molecular weight excluding hydrogens is 284 g/mol. The van der Waals surface area contributed by atoms with Crippen LogP contribution in [0.1, 0.15) is 42.9 Å². The van der Waals surface area contributed by atoms with Gasteiger partial charge in [0.15, 0.2) is 0 Å². The second-order valence-electron chi connectivity index (χ2n) is 6.25. The van der Waals surface area contributed by atoms with Gasteiger partial charge >= 0.3 is 6.03 Å². The van der Waals surface area contributed by atoms with Crippen LogP contribution in [0, 0.1) is 0 Å². The summed E-state index contributed by atoms with van der Waals surface area (Å²) in [4.78, 5) is 12.4. The van der Waals surface area contributed by atoms with Crippen LogP contribution in [0.25, 0.3) is 0 Å². The first kappa shape index (κ1) is 15.6. The molecule has 23 heavy (non-hydrogen) atoms. The molecule has 1 saturated carbocycles. The predicted octanol–water partition coefficient (Wildman–Crippen LogP) is 4.21. The molecule has 120 valence electrons. The first-order chi connectivity index (χ1) is 11.3. The van der Waals surface area contributed by atoms with Gasteiger partial charge in [-0.3, -0.25) is 0 Å². The third-order valence-corrected chi connectivity index (χ3v) is 4.48. The molecule has 3 heteroatoms. The first-order valence-electron chi connectivity index (χ1n) is 8.47. The van der Waals surface area contributed by atoms with Crippen molar-refractivity contribution in [2.24, 2.45) is 0 Å². The van der Waals surface area contributed by atoms with Gasteiger partial charge < -0.3 is 10.6 Å². The zero-order valence-corrected chi connectivity index (χ0v) is 13.4. The van der Waals surface area contributed by atoms with Gasteiger partial charge in [-0.2, -0.15) is 0 Å². The normalized spacial score (nSPS) is 16.0. The molecular formula is C20H24N2O. The lowest BCUT2D eigenvalue weighted by Gasteiger charge is -2.21. The fraction of sp³-hybridized carbons (Fsp3) is 0.350. The summed E-state index contributed by atoms with van der Waals surface area (Å²) in [6, 6.07) is 20.7. The predicted molar refractivity (Wildman–Crippen MR) is 93.3 cm³/mol. The summed E-state index contributed by atoms with van der Waals surface area (Å²) in [5.74, 6) is 0. The van der Waals surface area contributed by atoms with Crippen LogP contribution in [-0.2, 0) is 6.42 Å². The Labute approximate surface area is 138 Å². The molecule has 0 radical (unpaired) electrons. The fourth-order valence-electron chi connectivity index (χ4n) is 3.24. The molecule has 1 atom stereocenters. The van der Waals surface area contributed by atoms with Gasteiger partial charge in [-0.15, -0.1) is 0 Å². The average molecular weight is 308 g/mol. The highest BCUT2D eigenvalue weighted by molar-refractivity contribution is 5.74. The highest BCUT2D eigenvalue weighted by Gasteiger charge is 2.20. The van der Waals surface area contributed by atoms with Gasteiger partial charge in [0.2, 0.25) is 0 Å². The summed E-state index contributed by atoms with van der Waals surface area (Å²) >= 11 is 0. The molecule has 1 fully saturated rings. The molecule has 0 aromatic heterocycles. The van der Waals surface area contributed by atoms with Gasteiger partial charge in [-0.05, 0) is 30.4 Å². The Morgan fingerprint density at radius 2 is 1.57 bits per heavy atom. The second-order valence-corrected chi connectivity index (χ2v) is 6.25. The maximum Gasteiger partial charge on any atom is 0.315 e. The van der Waals surface area contributed by atoms with Crippen molar-refractivity contribution in [2.45, 2.75) is 44.2 Å². The molecule has 0 unspecified atom stereocenters. The van der Waals surface area contributed by atoms with E-state index in [4.69, 9.17) is 0 Å². The topological polar surface area (TPSA) is 41.1 Å². The van der Waals surface area contributed by atoms with Gasteiger partial charge in [0.1, 0.15) is 0 Å². The molecule has 3 nitrogen and oxygen atoms in total. The summed E-state index contributed by atoms with van der Waals surface area (Å²) < 4.78 is 0. The standard InChI is InChI=1S/C20H24N2O/c23-20(21-18-13-7-8-14-18)22-19(17-11-5-2-6-12-17)15-16-9-3-1-4-10-16/h1-6,9-12,18-19H,7-8,13-15H2,(H2,21,22,23)/t19-/m0/s1. The minimum atomic E-state index is -0.0540. The molecule has 0 aliphatic heterocycles. The molecule has 2 aromatic carbocycles. The molecule has 2 aromatic rings. The van der Waals surface area contributed by atoms with Crippen molar-refractivity contribution in [3.8, 4) is 0 Å². The lowest BCUT2D eigenvalue weighted by Crippen LogP contribution is -2.43. The van der Waals surface area contributed by atoms with Crippen molar-refractivity contribution in [3.63, 3.8) is 0 Å². The number of carbonyl (C=O) groups is 1. The van der Waals surface area contributed by atoms with Gasteiger partial charge in [-0.25, -0.2) is 4.79 Å². The lowest BCUT2D eigenvalue weighted by atomic mass is 9.99. The highest BCUT2D eigenvalue weighted by atomic mass is 16.2. The largest absolute Gasteiger partial charge is 0.335 e. The molecule has 0 spiro atoms. The second kappa shape index (κ2) is 7.82. The fourth-order valence-corrected chi connectivity index (χ4v) is 3.24. The highest BCUT2D eigenvalue weighted by Crippen LogP contribution is 2.20. The molecule has 0 bridgehead atoms. The summed E-state index contributed by atoms with van der Waals surface area (Å²) in [7, 11) is 0. The summed E-state index contributed by atoms with van der Waals surface area (Å²) in [5.41, 5.74) is 2.36. The number of hydrogen-bond donors (Lipinski definition) is 2. The zero-order chi connectivity index (χ0) is 15.9. The molecule has 1 aliphatic rings. The van der Waals surface area contributed by atoms with E-state index in [1.54, 1.807) is 0 Å². The minimum Gasteiger partial charge on any atom is -0.335 e. The molecule has 1 aliphatic carbocycles. The van der Waals surface area contributed by atoms with E-state index in [9.17, 15) is 4.79 Å². The number of carbonyl (C=O) groups excluding carboxylic acids is 1. The van der Waals surface area contributed by atoms with Crippen molar-refractivity contribution in [1.29, 1.82) is 0 Å². The van der Waals surface area contributed by atoms with Crippen LogP contribution in [0.3, 0.4) is 0 Å². The van der Waals surface area contributed by atoms with E-state index in [0.717, 1.165) is 24.8 Å². The number of benzene rings is 2. The van der Waals surface area contributed by atoms with Crippen LogP contribution >= 0.6 is 0 Å². The van der Waals surface area contributed by atoms with E-state index in [1.807, 2.05) is 36.4 Å². The van der Waals surface area contributed by atoms with Crippen molar-refractivity contribution < 1.29 is 4.79 Å². The maximum atomic E-state index is 12.4. The van der Waals surface area contributed by atoms with Gasteiger partial charge in [-0.1, -0.05) is 73.5 Å². The Morgan fingerprint density at radius 1 is 0.957 bits per heavy atom. The van der Waals surface area contributed by atoms with E-state index < -0.39 is 0 Å². The Hall–Kier alpha value is -2.29. The van der Waals surface area contributed by atoms with Crippen molar-refractivity contribution in [3.05, 3.63) is 71.8 Å². The SMILES string of the molecule is O=C(NC1CCCC1)N[C@@H](Cc1ccccc1)c1ccccc1. The number of hydrogen-bond acceptors (Lipinski definition) is 1. The van der Waals surface area contributed by atoms with Crippen molar-refractivity contribution >= 4 is 6.03 Å². The molecule has 0 heterocycles. The van der Waals surface area contributed by atoms with E-state index in [-0.39, 0.29) is 12.1 Å². The van der Waals surface area contributed by atoms with Crippen LogP contribution in [0.15, 0.2) is 60.7 Å². The van der Waals surface area contributed by atoms with E-state index in [0.29, 0.717) is 6.04 Å². The monoisotopic (exact) mass is 308 g/mol. The lowest BCUT2D eigenvalue weighted by molar-refractivity contribution is 0.233. The first-order valence-corrected chi connectivity index (χ1v) is 8.47. The van der Waals surface area contributed by atoms with Crippen LogP contribution in [0.2, 0.25) is 0 Å².